The van der Waals surface area contributed by atoms with Gasteiger partial charge in [-0.25, -0.2) is 14.4 Å². The van der Waals surface area contributed by atoms with Crippen LogP contribution in [0.3, 0.4) is 0 Å². The van der Waals surface area contributed by atoms with Gasteiger partial charge < -0.3 is 20.5 Å². The first-order valence-corrected chi connectivity index (χ1v) is 9.72. The molecule has 1 fully saturated rings. The fourth-order valence-electron chi connectivity index (χ4n) is 3.32. The number of nitriles is 1. The average Bonchev–Trinajstić information content (AvgIpc) is 3.14. The van der Waals surface area contributed by atoms with E-state index in [1.54, 1.807) is 36.1 Å². The zero-order chi connectivity index (χ0) is 21.8. The van der Waals surface area contributed by atoms with Crippen LogP contribution in [0.2, 0.25) is 0 Å². The Balaban J connectivity index is 1.57. The molecule has 160 valence electrons. The summed E-state index contributed by atoms with van der Waals surface area (Å²) in [6.45, 7) is 0.672. The van der Waals surface area contributed by atoms with Crippen molar-refractivity contribution in [3.63, 3.8) is 0 Å². The van der Waals surface area contributed by atoms with Gasteiger partial charge in [0.25, 0.3) is 0 Å². The number of aliphatic hydroxyl groups is 1. The molecule has 1 aliphatic rings. The van der Waals surface area contributed by atoms with E-state index in [1.807, 2.05) is 0 Å². The van der Waals surface area contributed by atoms with E-state index in [9.17, 15) is 14.8 Å². The number of aromatic nitrogens is 5. The highest BCUT2D eigenvalue weighted by Crippen LogP contribution is 2.27. The SMILES string of the molecule is Cn1cc(Nc2ncnc(-c3ccc(O[C@H]4CCNC[C@@H]4F)c(C#N)c3)n2)c(CO)n1. The van der Waals surface area contributed by atoms with Crippen LogP contribution in [0.4, 0.5) is 16.0 Å². The number of aryl methyl sites for hydroxylation is 1. The molecule has 0 unspecified atom stereocenters. The van der Waals surface area contributed by atoms with Gasteiger partial charge in [-0.15, -0.1) is 0 Å². The van der Waals surface area contributed by atoms with E-state index in [1.165, 1.54) is 6.33 Å². The number of aliphatic hydroxyl groups excluding tert-OH is 1. The van der Waals surface area contributed by atoms with E-state index in [2.05, 4.69) is 36.8 Å². The maximum Gasteiger partial charge on any atom is 0.230 e. The van der Waals surface area contributed by atoms with Crippen molar-refractivity contribution in [1.82, 2.24) is 30.0 Å². The van der Waals surface area contributed by atoms with Crippen molar-refractivity contribution in [2.75, 3.05) is 18.4 Å². The molecule has 11 heteroatoms. The fourth-order valence-corrected chi connectivity index (χ4v) is 3.32. The third-order valence-corrected chi connectivity index (χ3v) is 4.86. The number of nitrogens with zero attached hydrogens (tertiary/aromatic N) is 6. The number of nitrogens with one attached hydrogen (secondary N) is 2. The normalized spacial score (nSPS) is 18.4. The summed E-state index contributed by atoms with van der Waals surface area (Å²) in [7, 11) is 1.74. The van der Waals surface area contributed by atoms with Crippen LogP contribution in [-0.4, -0.2) is 55.2 Å². The fraction of sp³-hybridized carbons (Fsp3) is 0.350. The summed E-state index contributed by atoms with van der Waals surface area (Å²) < 4.78 is 21.4. The Hall–Kier alpha value is -3.62. The number of piperidine rings is 1. The summed E-state index contributed by atoms with van der Waals surface area (Å²) in [4.78, 5) is 12.7. The molecule has 3 aromatic rings. The molecule has 0 amide bonds. The van der Waals surface area contributed by atoms with Gasteiger partial charge in [-0.1, -0.05) is 0 Å². The lowest BCUT2D eigenvalue weighted by molar-refractivity contribution is 0.0729. The number of ether oxygens (including phenoxy) is 1. The first-order chi connectivity index (χ1) is 15.1. The summed E-state index contributed by atoms with van der Waals surface area (Å²) in [5.41, 5.74) is 1.89. The quantitative estimate of drug-likeness (QED) is 0.537. The molecule has 3 heterocycles. The molecule has 10 nitrogen and oxygen atoms in total. The topological polar surface area (TPSA) is 134 Å². The minimum atomic E-state index is -1.13. The third kappa shape index (κ3) is 4.60. The lowest BCUT2D eigenvalue weighted by Crippen LogP contribution is -2.44. The Morgan fingerprint density at radius 3 is 3.06 bits per heavy atom. The van der Waals surface area contributed by atoms with E-state index < -0.39 is 12.3 Å². The first-order valence-electron chi connectivity index (χ1n) is 9.72. The molecule has 0 radical (unpaired) electrons. The van der Waals surface area contributed by atoms with Gasteiger partial charge >= 0.3 is 0 Å². The minimum absolute atomic E-state index is 0.231. The molecular weight excluding hydrogens is 403 g/mol. The molecule has 0 saturated carbocycles. The standard InChI is InChI=1S/C20H21FN8O2/c1-29-9-15(16(10-30)28-29)26-20-25-11-24-19(27-20)12-2-3-17(13(6-12)7-22)31-18-4-5-23-8-14(18)21/h2-3,6,9,11,14,18,23,30H,4-5,8,10H2,1H3,(H,24,25,26,27)/t14-,18-/m0/s1. The van der Waals surface area contributed by atoms with Crippen molar-refractivity contribution in [2.24, 2.45) is 7.05 Å². The van der Waals surface area contributed by atoms with Crippen molar-refractivity contribution in [1.29, 1.82) is 5.26 Å². The summed E-state index contributed by atoms with van der Waals surface area (Å²) in [6, 6.07) is 7.04. The second-order valence-electron chi connectivity index (χ2n) is 7.07. The number of anilines is 2. The van der Waals surface area contributed by atoms with Crippen molar-refractivity contribution < 1.29 is 14.2 Å². The van der Waals surface area contributed by atoms with Gasteiger partial charge in [0, 0.05) is 25.4 Å². The minimum Gasteiger partial charge on any atom is -0.486 e. The van der Waals surface area contributed by atoms with Gasteiger partial charge in [-0.2, -0.15) is 15.3 Å². The average molecular weight is 424 g/mol. The summed E-state index contributed by atoms with van der Waals surface area (Å²) in [6.07, 6.45) is 1.86. The van der Waals surface area contributed by atoms with E-state index in [0.717, 1.165) is 0 Å². The lowest BCUT2D eigenvalue weighted by atomic mass is 10.1. The van der Waals surface area contributed by atoms with Gasteiger partial charge in [0.1, 0.15) is 36.1 Å². The molecule has 3 N–H and O–H groups in total. The van der Waals surface area contributed by atoms with Crippen molar-refractivity contribution in [2.45, 2.75) is 25.3 Å². The zero-order valence-electron chi connectivity index (χ0n) is 16.8. The Morgan fingerprint density at radius 1 is 1.42 bits per heavy atom. The Labute approximate surface area is 177 Å². The summed E-state index contributed by atoms with van der Waals surface area (Å²) >= 11 is 0. The summed E-state index contributed by atoms with van der Waals surface area (Å²) in [5, 5.41) is 29.1. The van der Waals surface area contributed by atoms with Crippen molar-refractivity contribution in [3.05, 3.63) is 42.0 Å². The van der Waals surface area contributed by atoms with Gasteiger partial charge in [0.05, 0.1) is 17.9 Å². The first kappa shape index (κ1) is 20.6. The van der Waals surface area contributed by atoms with E-state index in [0.29, 0.717) is 41.5 Å². The second-order valence-corrected chi connectivity index (χ2v) is 7.07. The third-order valence-electron chi connectivity index (χ3n) is 4.86. The molecule has 1 aromatic carbocycles. The number of hydrogen-bond donors (Lipinski definition) is 3. The van der Waals surface area contributed by atoms with Crippen LogP contribution in [0, 0.1) is 11.3 Å². The molecular formula is C20H21FN8O2. The van der Waals surface area contributed by atoms with Crippen LogP contribution in [-0.2, 0) is 13.7 Å². The number of benzene rings is 1. The van der Waals surface area contributed by atoms with Crippen LogP contribution in [0.15, 0.2) is 30.7 Å². The van der Waals surface area contributed by atoms with E-state index >= 15 is 0 Å². The maximum atomic E-state index is 14.1. The molecule has 0 spiro atoms. The molecule has 0 aliphatic carbocycles. The Bertz CT molecular complexity index is 1110. The predicted octanol–water partition coefficient (Wildman–Crippen LogP) is 1.46. The molecule has 2 atom stereocenters. The highest BCUT2D eigenvalue weighted by atomic mass is 19.1. The zero-order valence-corrected chi connectivity index (χ0v) is 16.8. The molecule has 1 aliphatic heterocycles. The number of hydrogen-bond acceptors (Lipinski definition) is 9. The largest absolute Gasteiger partial charge is 0.486 e. The van der Waals surface area contributed by atoms with Crippen molar-refractivity contribution >= 4 is 11.6 Å². The van der Waals surface area contributed by atoms with Gasteiger partial charge in [-0.05, 0) is 31.2 Å². The summed E-state index contributed by atoms with van der Waals surface area (Å²) in [5.74, 6) is 0.942. The number of alkyl halides is 1. The molecule has 31 heavy (non-hydrogen) atoms. The Morgan fingerprint density at radius 2 is 2.29 bits per heavy atom. The molecule has 1 saturated heterocycles. The van der Waals surface area contributed by atoms with Crippen LogP contribution in [0.25, 0.3) is 11.4 Å². The molecule has 2 aromatic heterocycles. The van der Waals surface area contributed by atoms with Crippen LogP contribution in [0.5, 0.6) is 5.75 Å². The maximum absolute atomic E-state index is 14.1. The van der Waals surface area contributed by atoms with Crippen LogP contribution in [0.1, 0.15) is 17.7 Å². The van der Waals surface area contributed by atoms with Crippen LogP contribution < -0.4 is 15.4 Å². The van der Waals surface area contributed by atoms with Gasteiger partial charge in [-0.3, -0.25) is 4.68 Å². The highest BCUT2D eigenvalue weighted by Gasteiger charge is 2.27. The van der Waals surface area contributed by atoms with E-state index in [-0.39, 0.29) is 24.7 Å². The number of halogens is 1. The van der Waals surface area contributed by atoms with E-state index in [4.69, 9.17) is 4.74 Å². The Kier molecular flexibility index (Phi) is 6.01. The second kappa shape index (κ2) is 9.03. The smallest absolute Gasteiger partial charge is 0.230 e. The van der Waals surface area contributed by atoms with Gasteiger partial charge in [0.2, 0.25) is 5.95 Å². The monoisotopic (exact) mass is 424 g/mol. The molecule has 4 rings (SSSR count). The predicted molar refractivity (Wildman–Crippen MR) is 109 cm³/mol. The lowest BCUT2D eigenvalue weighted by Gasteiger charge is -2.27. The van der Waals surface area contributed by atoms with Crippen molar-refractivity contribution in [3.8, 4) is 23.2 Å². The molecule has 0 bridgehead atoms. The number of rotatable bonds is 6. The van der Waals surface area contributed by atoms with Gasteiger partial charge in [0.15, 0.2) is 5.82 Å². The highest BCUT2D eigenvalue weighted by molar-refractivity contribution is 5.63. The van der Waals surface area contributed by atoms with Crippen LogP contribution >= 0.6 is 0 Å².